The van der Waals surface area contributed by atoms with Gasteiger partial charge in [-0.25, -0.2) is 4.98 Å². The molecule has 1 aromatic heterocycles. The Hall–Kier alpha value is -0.975. The van der Waals surface area contributed by atoms with Gasteiger partial charge >= 0.3 is 7.12 Å². The second kappa shape index (κ2) is 4.29. The fraction of sp³-hybridized carbons (Fsp3) is 0.583. The largest absolute Gasteiger partial charge is 0.480 e. The van der Waals surface area contributed by atoms with Crippen molar-refractivity contribution in [2.45, 2.75) is 44.8 Å². The molecule has 2 heterocycles. The molecule has 2 N–H and O–H groups in total. The van der Waals surface area contributed by atoms with Gasteiger partial charge in [0, 0.05) is 11.8 Å². The smallest absolute Gasteiger partial charge is 0.402 e. The van der Waals surface area contributed by atoms with Gasteiger partial charge in [0.2, 0.25) is 5.95 Å². The van der Waals surface area contributed by atoms with Crippen LogP contribution in [0.4, 0.5) is 4.39 Å². The van der Waals surface area contributed by atoms with Crippen molar-refractivity contribution < 1.29 is 13.7 Å². The summed E-state index contributed by atoms with van der Waals surface area (Å²) in [4.78, 5) is 3.59. The Bertz CT molecular complexity index is 437. The Morgan fingerprint density at radius 2 is 1.83 bits per heavy atom. The molecule has 98 valence electrons. The minimum atomic E-state index is -0.695. The van der Waals surface area contributed by atoms with E-state index in [4.69, 9.17) is 15.0 Å². The van der Waals surface area contributed by atoms with Crippen molar-refractivity contribution in [2.75, 3.05) is 0 Å². The van der Waals surface area contributed by atoms with Gasteiger partial charge in [0.05, 0.1) is 17.1 Å². The third-order valence-corrected chi connectivity index (χ3v) is 3.71. The van der Waals surface area contributed by atoms with Crippen LogP contribution in [0.1, 0.15) is 39.2 Å². The molecule has 0 unspecified atom stereocenters. The van der Waals surface area contributed by atoms with Crippen LogP contribution in [-0.2, 0) is 9.31 Å². The van der Waals surface area contributed by atoms with Gasteiger partial charge in [-0.3, -0.25) is 0 Å². The van der Waals surface area contributed by atoms with E-state index in [0.29, 0.717) is 5.56 Å². The molecule has 0 saturated carbocycles. The maximum atomic E-state index is 13.6. The summed E-state index contributed by atoms with van der Waals surface area (Å²) >= 11 is 0. The van der Waals surface area contributed by atoms with Gasteiger partial charge in [-0.05, 0) is 33.8 Å². The first-order valence-corrected chi connectivity index (χ1v) is 5.96. The first-order valence-electron chi connectivity index (χ1n) is 5.96. The first kappa shape index (κ1) is 13.5. The summed E-state index contributed by atoms with van der Waals surface area (Å²) in [6, 6.07) is 3.24. The van der Waals surface area contributed by atoms with Crippen LogP contribution in [0.3, 0.4) is 0 Å². The molecule has 1 fully saturated rings. The molecule has 1 aliphatic rings. The van der Waals surface area contributed by atoms with Gasteiger partial charge in [0.1, 0.15) is 0 Å². The Morgan fingerprint density at radius 1 is 1.28 bits per heavy atom. The first-order chi connectivity index (χ1) is 8.24. The number of aromatic nitrogens is 1. The Labute approximate surface area is 107 Å². The molecule has 1 aromatic rings. The number of nitrogens with zero attached hydrogens (tertiary/aromatic N) is 1. The molecule has 6 heteroatoms. The van der Waals surface area contributed by atoms with Crippen molar-refractivity contribution in [1.82, 2.24) is 4.98 Å². The molecule has 0 aromatic carbocycles. The van der Waals surface area contributed by atoms with Crippen molar-refractivity contribution in [3.05, 3.63) is 29.8 Å². The van der Waals surface area contributed by atoms with E-state index in [1.54, 1.807) is 12.1 Å². The average Bonchev–Trinajstić information content (AvgIpc) is 2.48. The molecule has 0 radical (unpaired) electrons. The Kier molecular flexibility index (Phi) is 3.21. The minimum Gasteiger partial charge on any atom is -0.402 e. The van der Waals surface area contributed by atoms with E-state index < -0.39 is 30.2 Å². The number of pyridine rings is 1. The lowest BCUT2D eigenvalue weighted by Gasteiger charge is -2.32. The molecule has 0 amide bonds. The molecule has 0 bridgehead atoms. The van der Waals surface area contributed by atoms with Crippen LogP contribution in [0.5, 0.6) is 0 Å². The lowest BCUT2D eigenvalue weighted by atomic mass is 9.75. The van der Waals surface area contributed by atoms with E-state index in [1.165, 1.54) is 6.20 Å². The van der Waals surface area contributed by atoms with E-state index in [1.807, 2.05) is 27.7 Å². The summed E-state index contributed by atoms with van der Waals surface area (Å²) in [6.45, 7) is 7.72. The zero-order chi connectivity index (χ0) is 13.6. The molecule has 4 nitrogen and oxygen atoms in total. The molecule has 1 atom stereocenters. The molecule has 1 aliphatic heterocycles. The van der Waals surface area contributed by atoms with Gasteiger partial charge < -0.3 is 15.0 Å². The fourth-order valence-electron chi connectivity index (χ4n) is 1.83. The average molecular weight is 252 g/mol. The van der Waals surface area contributed by atoms with E-state index in [9.17, 15) is 4.39 Å². The van der Waals surface area contributed by atoms with Crippen molar-refractivity contribution in [1.29, 1.82) is 0 Å². The van der Waals surface area contributed by atoms with Gasteiger partial charge in [0.25, 0.3) is 0 Å². The normalized spacial score (nSPS) is 23.1. The van der Waals surface area contributed by atoms with Crippen molar-refractivity contribution >= 4 is 7.12 Å². The summed E-state index contributed by atoms with van der Waals surface area (Å²) in [5.41, 5.74) is 5.36. The molecule has 1 saturated heterocycles. The Balaban J connectivity index is 2.23. The van der Waals surface area contributed by atoms with E-state index in [0.717, 1.165) is 0 Å². The number of halogens is 1. The molecule has 18 heavy (non-hydrogen) atoms. The monoisotopic (exact) mass is 252 g/mol. The minimum absolute atomic E-state index is 0.302. The van der Waals surface area contributed by atoms with Gasteiger partial charge in [-0.15, -0.1) is 0 Å². The molecular formula is C12H18BFN2O2. The maximum Gasteiger partial charge on any atom is 0.480 e. The summed E-state index contributed by atoms with van der Waals surface area (Å²) in [5, 5.41) is 0. The zero-order valence-electron chi connectivity index (χ0n) is 11.1. The van der Waals surface area contributed by atoms with Gasteiger partial charge in [-0.1, -0.05) is 6.07 Å². The summed E-state index contributed by atoms with van der Waals surface area (Å²) in [5.74, 6) is -1.28. The maximum absolute atomic E-state index is 13.6. The molecular weight excluding hydrogens is 234 g/mol. The van der Waals surface area contributed by atoms with Crippen LogP contribution in [0, 0.1) is 5.95 Å². The number of hydrogen-bond donors (Lipinski definition) is 1. The lowest BCUT2D eigenvalue weighted by Crippen LogP contribution is -2.41. The highest BCUT2D eigenvalue weighted by Gasteiger charge is 2.53. The predicted octanol–water partition coefficient (Wildman–Crippen LogP) is 1.85. The van der Waals surface area contributed by atoms with Gasteiger partial charge in [-0.2, -0.15) is 4.39 Å². The summed E-state index contributed by atoms with van der Waals surface area (Å²) in [6.07, 6.45) is 1.38. The topological polar surface area (TPSA) is 57.4 Å². The van der Waals surface area contributed by atoms with Crippen LogP contribution in [0.25, 0.3) is 0 Å². The molecule has 0 aliphatic carbocycles. The highest BCUT2D eigenvalue weighted by atomic mass is 19.1. The standard InChI is InChI=1S/C12H18BFN2O2/c1-11(2)12(3,4)18-13(17-11)9(15)8-6-5-7-16-10(8)14/h5-7,9H,15H2,1-4H3/t9-/m0/s1. The molecule has 0 spiro atoms. The fourth-order valence-corrected chi connectivity index (χ4v) is 1.83. The predicted molar refractivity (Wildman–Crippen MR) is 67.2 cm³/mol. The van der Waals surface area contributed by atoms with Crippen molar-refractivity contribution in [3.8, 4) is 0 Å². The van der Waals surface area contributed by atoms with E-state index in [2.05, 4.69) is 4.98 Å². The summed E-state index contributed by atoms with van der Waals surface area (Å²) < 4.78 is 25.2. The zero-order valence-corrected chi connectivity index (χ0v) is 11.1. The van der Waals surface area contributed by atoms with Gasteiger partial charge in [0.15, 0.2) is 0 Å². The third kappa shape index (κ3) is 2.16. The number of hydrogen-bond acceptors (Lipinski definition) is 4. The van der Waals surface area contributed by atoms with E-state index >= 15 is 0 Å². The van der Waals surface area contributed by atoms with Crippen LogP contribution in [0.2, 0.25) is 0 Å². The Morgan fingerprint density at radius 3 is 2.33 bits per heavy atom. The van der Waals surface area contributed by atoms with E-state index in [-0.39, 0.29) is 0 Å². The number of rotatable bonds is 2. The second-order valence-corrected chi connectivity index (χ2v) is 5.53. The highest BCUT2D eigenvalue weighted by Crippen LogP contribution is 2.39. The SMILES string of the molecule is CC1(C)OB([C@@H](N)c2cccnc2F)OC1(C)C. The van der Waals surface area contributed by atoms with Crippen LogP contribution < -0.4 is 5.73 Å². The van der Waals surface area contributed by atoms with Crippen LogP contribution >= 0.6 is 0 Å². The quantitative estimate of drug-likeness (QED) is 0.644. The van der Waals surface area contributed by atoms with Crippen LogP contribution in [-0.4, -0.2) is 23.3 Å². The third-order valence-electron chi connectivity index (χ3n) is 3.71. The summed E-state index contributed by atoms with van der Waals surface area (Å²) in [7, 11) is -0.673. The van der Waals surface area contributed by atoms with Crippen LogP contribution in [0.15, 0.2) is 18.3 Å². The van der Waals surface area contributed by atoms with Crippen molar-refractivity contribution in [3.63, 3.8) is 0 Å². The molecule has 2 rings (SSSR count). The highest BCUT2D eigenvalue weighted by molar-refractivity contribution is 6.47. The lowest BCUT2D eigenvalue weighted by molar-refractivity contribution is 0.00578. The van der Waals surface area contributed by atoms with Crippen molar-refractivity contribution in [2.24, 2.45) is 5.73 Å². The number of nitrogens with two attached hydrogens (primary N) is 1. The second-order valence-electron chi connectivity index (χ2n) is 5.53.